The van der Waals surface area contributed by atoms with E-state index in [1.165, 1.54) is 18.4 Å². The van der Waals surface area contributed by atoms with Crippen molar-refractivity contribution in [3.63, 3.8) is 0 Å². The summed E-state index contributed by atoms with van der Waals surface area (Å²) in [6.07, 6.45) is 0.616. The number of nitrogens with one attached hydrogen (secondary N) is 1. The molecular formula is C17H13Cl2N3O2S. The molecule has 0 radical (unpaired) electrons. The van der Waals surface area contributed by atoms with E-state index in [1.807, 2.05) is 24.3 Å². The van der Waals surface area contributed by atoms with Crippen LogP contribution in [0.2, 0.25) is 10.0 Å². The number of aromatic nitrogens is 2. The maximum atomic E-state index is 12.4. The van der Waals surface area contributed by atoms with Crippen LogP contribution in [0, 0.1) is 0 Å². The fraction of sp³-hybridized carbons (Fsp3) is 0.118. The van der Waals surface area contributed by atoms with Gasteiger partial charge in [0.2, 0.25) is 5.13 Å². The summed E-state index contributed by atoms with van der Waals surface area (Å²) in [5.74, 6) is 0.0846. The monoisotopic (exact) mass is 393 g/mol. The number of anilines is 1. The third-order valence-corrected chi connectivity index (χ3v) is 4.69. The molecule has 0 saturated carbocycles. The van der Waals surface area contributed by atoms with Gasteiger partial charge in [0.15, 0.2) is 0 Å². The molecule has 0 aliphatic rings. The Morgan fingerprint density at radius 2 is 1.84 bits per heavy atom. The van der Waals surface area contributed by atoms with Gasteiger partial charge in [-0.1, -0.05) is 46.7 Å². The highest BCUT2D eigenvalue weighted by molar-refractivity contribution is 7.15. The van der Waals surface area contributed by atoms with Crippen LogP contribution in [-0.4, -0.2) is 23.2 Å². The van der Waals surface area contributed by atoms with E-state index >= 15 is 0 Å². The number of rotatable bonds is 5. The largest absolute Gasteiger partial charge is 0.496 e. The van der Waals surface area contributed by atoms with Crippen molar-refractivity contribution in [2.45, 2.75) is 6.42 Å². The molecule has 1 aromatic heterocycles. The summed E-state index contributed by atoms with van der Waals surface area (Å²) in [6, 6.07) is 12.4. The van der Waals surface area contributed by atoms with E-state index in [4.69, 9.17) is 27.9 Å². The van der Waals surface area contributed by atoms with E-state index in [0.717, 1.165) is 10.6 Å². The zero-order valence-electron chi connectivity index (χ0n) is 13.1. The summed E-state index contributed by atoms with van der Waals surface area (Å²) in [5.41, 5.74) is 1.40. The summed E-state index contributed by atoms with van der Waals surface area (Å²) in [7, 11) is 1.50. The van der Waals surface area contributed by atoms with Gasteiger partial charge in [0.1, 0.15) is 10.8 Å². The predicted octanol–water partition coefficient (Wildman–Crippen LogP) is 4.70. The smallest absolute Gasteiger partial charge is 0.261 e. The highest BCUT2D eigenvalue weighted by atomic mass is 35.5. The van der Waals surface area contributed by atoms with Gasteiger partial charge in [0, 0.05) is 16.5 Å². The van der Waals surface area contributed by atoms with Crippen molar-refractivity contribution in [2.24, 2.45) is 0 Å². The fourth-order valence-electron chi connectivity index (χ4n) is 2.17. The molecule has 8 heteroatoms. The molecule has 1 amide bonds. The number of amides is 1. The van der Waals surface area contributed by atoms with Crippen molar-refractivity contribution in [1.29, 1.82) is 0 Å². The lowest BCUT2D eigenvalue weighted by molar-refractivity contribution is 0.102. The van der Waals surface area contributed by atoms with E-state index in [-0.39, 0.29) is 5.91 Å². The van der Waals surface area contributed by atoms with Crippen LogP contribution in [0.4, 0.5) is 5.13 Å². The molecule has 0 unspecified atom stereocenters. The third-order valence-electron chi connectivity index (χ3n) is 3.36. The zero-order chi connectivity index (χ0) is 17.8. The topological polar surface area (TPSA) is 64.1 Å². The summed E-state index contributed by atoms with van der Waals surface area (Å²) in [5, 5.41) is 13.2. The second-order valence-electron chi connectivity index (χ2n) is 5.10. The number of carbonyl (C=O) groups is 1. The summed E-state index contributed by atoms with van der Waals surface area (Å²) >= 11 is 13.1. The summed E-state index contributed by atoms with van der Waals surface area (Å²) in [6.45, 7) is 0. The van der Waals surface area contributed by atoms with Crippen LogP contribution < -0.4 is 10.1 Å². The normalized spacial score (nSPS) is 10.5. The highest BCUT2D eigenvalue weighted by Gasteiger charge is 2.15. The first-order valence-electron chi connectivity index (χ1n) is 7.27. The van der Waals surface area contributed by atoms with E-state index < -0.39 is 0 Å². The number of nitrogens with zero attached hydrogens (tertiary/aromatic N) is 2. The molecule has 3 rings (SSSR count). The Balaban J connectivity index is 1.72. The number of benzene rings is 2. The number of hydrogen-bond donors (Lipinski definition) is 1. The average Bonchev–Trinajstić information content (AvgIpc) is 3.03. The van der Waals surface area contributed by atoms with Gasteiger partial charge < -0.3 is 4.74 Å². The van der Waals surface area contributed by atoms with Crippen LogP contribution in [-0.2, 0) is 6.42 Å². The molecule has 0 spiro atoms. The van der Waals surface area contributed by atoms with E-state index in [2.05, 4.69) is 15.5 Å². The second kappa shape index (κ2) is 7.82. The molecule has 1 N–H and O–H groups in total. The van der Waals surface area contributed by atoms with Crippen molar-refractivity contribution in [2.75, 3.05) is 12.4 Å². The van der Waals surface area contributed by atoms with Gasteiger partial charge in [-0.2, -0.15) is 0 Å². The van der Waals surface area contributed by atoms with E-state index in [1.54, 1.807) is 18.2 Å². The minimum Gasteiger partial charge on any atom is -0.496 e. The minimum atomic E-state index is -0.353. The van der Waals surface area contributed by atoms with Gasteiger partial charge in [-0.05, 0) is 35.9 Å². The van der Waals surface area contributed by atoms with E-state index in [9.17, 15) is 4.79 Å². The van der Waals surface area contributed by atoms with Gasteiger partial charge in [-0.3, -0.25) is 10.1 Å². The van der Waals surface area contributed by atoms with Crippen molar-refractivity contribution in [3.05, 3.63) is 68.6 Å². The number of halogens is 2. The van der Waals surface area contributed by atoms with Gasteiger partial charge in [0.25, 0.3) is 5.91 Å². The van der Waals surface area contributed by atoms with Gasteiger partial charge in [-0.15, -0.1) is 10.2 Å². The fourth-order valence-corrected chi connectivity index (χ4v) is 3.24. The van der Waals surface area contributed by atoms with Gasteiger partial charge in [0.05, 0.1) is 12.7 Å². The summed E-state index contributed by atoms with van der Waals surface area (Å²) < 4.78 is 5.19. The van der Waals surface area contributed by atoms with Crippen molar-refractivity contribution >= 4 is 45.6 Å². The third kappa shape index (κ3) is 4.48. The number of carbonyl (C=O) groups excluding carboxylic acids is 1. The van der Waals surface area contributed by atoms with Crippen molar-refractivity contribution in [1.82, 2.24) is 10.2 Å². The Morgan fingerprint density at radius 3 is 2.56 bits per heavy atom. The highest BCUT2D eigenvalue weighted by Crippen LogP contribution is 2.25. The second-order valence-corrected chi connectivity index (χ2v) is 7.04. The molecule has 25 heavy (non-hydrogen) atoms. The molecule has 0 fully saturated rings. The molecule has 3 aromatic rings. The van der Waals surface area contributed by atoms with E-state index in [0.29, 0.717) is 32.9 Å². The van der Waals surface area contributed by atoms with Crippen molar-refractivity contribution in [3.8, 4) is 5.75 Å². The van der Waals surface area contributed by atoms with Crippen LogP contribution >= 0.6 is 34.5 Å². The first-order chi connectivity index (χ1) is 12.0. The quantitative estimate of drug-likeness (QED) is 0.682. The Hall–Kier alpha value is -2.15. The van der Waals surface area contributed by atoms with Crippen molar-refractivity contribution < 1.29 is 9.53 Å². The molecule has 0 bridgehead atoms. The molecule has 1 heterocycles. The lowest BCUT2D eigenvalue weighted by Crippen LogP contribution is -2.13. The Morgan fingerprint density at radius 1 is 1.12 bits per heavy atom. The molecule has 128 valence electrons. The lowest BCUT2D eigenvalue weighted by Gasteiger charge is -2.07. The maximum Gasteiger partial charge on any atom is 0.261 e. The number of hydrogen-bond acceptors (Lipinski definition) is 5. The number of ether oxygens (including phenoxy) is 1. The molecule has 0 atom stereocenters. The van der Waals surface area contributed by atoms with Crippen LogP contribution in [0.25, 0.3) is 0 Å². The Labute approximate surface area is 158 Å². The van der Waals surface area contributed by atoms with Gasteiger partial charge in [-0.25, -0.2) is 0 Å². The van der Waals surface area contributed by atoms with Crippen LogP contribution in [0.5, 0.6) is 5.75 Å². The average molecular weight is 394 g/mol. The van der Waals surface area contributed by atoms with Crippen LogP contribution in [0.1, 0.15) is 20.9 Å². The zero-order valence-corrected chi connectivity index (χ0v) is 15.5. The number of methoxy groups -OCH3 is 1. The first-order valence-corrected chi connectivity index (χ1v) is 8.84. The molecule has 5 nitrogen and oxygen atoms in total. The minimum absolute atomic E-state index is 0.337. The summed E-state index contributed by atoms with van der Waals surface area (Å²) in [4.78, 5) is 12.4. The molecule has 0 aliphatic carbocycles. The molecule has 2 aromatic carbocycles. The predicted molar refractivity (Wildman–Crippen MR) is 100 cm³/mol. The lowest BCUT2D eigenvalue weighted by atomic mass is 10.2. The Kier molecular flexibility index (Phi) is 5.53. The van der Waals surface area contributed by atoms with Crippen LogP contribution in [0.3, 0.4) is 0 Å². The Bertz CT molecular complexity index is 897. The standard InChI is InChI=1S/C17H13Cl2N3O2S/c1-24-14-7-6-12(19)9-13(14)16(23)20-17-22-21-15(25-17)8-10-2-4-11(18)5-3-10/h2-7,9H,8H2,1H3,(H,20,22,23). The first kappa shape index (κ1) is 17.7. The van der Waals surface area contributed by atoms with Gasteiger partial charge >= 0.3 is 0 Å². The molecule has 0 saturated heterocycles. The maximum absolute atomic E-state index is 12.4. The van der Waals surface area contributed by atoms with Crippen LogP contribution in [0.15, 0.2) is 42.5 Å². The molecular weight excluding hydrogens is 381 g/mol. The SMILES string of the molecule is COc1ccc(Cl)cc1C(=O)Nc1nnc(Cc2ccc(Cl)cc2)s1. The molecule has 0 aliphatic heterocycles.